The Bertz CT molecular complexity index is 340. The van der Waals surface area contributed by atoms with Crippen molar-refractivity contribution in [2.45, 2.75) is 32.2 Å². The fourth-order valence-corrected chi connectivity index (χ4v) is 1.88. The highest BCUT2D eigenvalue weighted by molar-refractivity contribution is 5.07. The van der Waals surface area contributed by atoms with Crippen molar-refractivity contribution < 1.29 is 0 Å². The Hall–Kier alpha value is -1.16. The molecule has 0 amide bonds. The van der Waals surface area contributed by atoms with Crippen molar-refractivity contribution in [2.24, 2.45) is 7.05 Å². The predicted octanol–water partition coefficient (Wildman–Crippen LogP) is 1.41. The van der Waals surface area contributed by atoms with Gasteiger partial charge < -0.3 is 9.88 Å². The number of rotatable bonds is 5. The minimum absolute atomic E-state index is 0.809. The van der Waals surface area contributed by atoms with Crippen LogP contribution >= 0.6 is 0 Å². The van der Waals surface area contributed by atoms with Crippen molar-refractivity contribution >= 4 is 0 Å². The van der Waals surface area contributed by atoms with E-state index in [0.717, 1.165) is 18.9 Å². The van der Waals surface area contributed by atoms with Crippen molar-refractivity contribution in [3.63, 3.8) is 0 Å². The Labute approximate surface area is 90.4 Å². The lowest BCUT2D eigenvalue weighted by Crippen LogP contribution is -2.17. The zero-order chi connectivity index (χ0) is 10.5. The second kappa shape index (κ2) is 5.07. The molecule has 0 atom stereocenters. The summed E-state index contributed by atoms with van der Waals surface area (Å²) in [5.74, 6) is 0.996. The minimum atomic E-state index is 0.809. The second-order valence-corrected chi connectivity index (χ2v) is 4.04. The Kier molecular flexibility index (Phi) is 3.50. The first-order valence-corrected chi connectivity index (χ1v) is 5.58. The summed E-state index contributed by atoms with van der Waals surface area (Å²) < 4.78 is 1.95. The second-order valence-electron chi connectivity index (χ2n) is 4.04. The highest BCUT2D eigenvalue weighted by atomic mass is 15.3. The maximum atomic E-state index is 4.02. The maximum Gasteiger partial charge on any atom is 0.146 e. The molecule has 0 fully saturated rings. The van der Waals surface area contributed by atoms with Gasteiger partial charge in [0.15, 0.2) is 0 Å². The minimum Gasteiger partial charge on any atom is -0.320 e. The molecule has 0 saturated heterocycles. The maximum absolute atomic E-state index is 4.02. The van der Waals surface area contributed by atoms with Gasteiger partial charge in [0.05, 0.1) is 6.54 Å². The average Bonchev–Trinajstić information content (AvgIpc) is 2.85. The first-order valence-electron chi connectivity index (χ1n) is 5.58. The molecule has 2 rings (SSSR count). The normalized spacial score (nSPS) is 15.7. The van der Waals surface area contributed by atoms with Crippen LogP contribution in [0, 0.1) is 0 Å². The van der Waals surface area contributed by atoms with E-state index in [9.17, 15) is 0 Å². The van der Waals surface area contributed by atoms with Gasteiger partial charge in [-0.25, -0.2) is 0 Å². The first kappa shape index (κ1) is 10.4. The van der Waals surface area contributed by atoms with E-state index in [0.29, 0.717) is 0 Å². The summed E-state index contributed by atoms with van der Waals surface area (Å²) in [4.78, 5) is 0. The molecule has 1 aromatic heterocycles. The molecule has 1 aliphatic carbocycles. The van der Waals surface area contributed by atoms with Crippen LogP contribution in [0.15, 0.2) is 18.0 Å². The topological polar surface area (TPSA) is 42.7 Å². The summed E-state index contributed by atoms with van der Waals surface area (Å²) in [6, 6.07) is 0. The van der Waals surface area contributed by atoms with E-state index in [1.165, 1.54) is 25.7 Å². The number of aromatic nitrogens is 3. The van der Waals surface area contributed by atoms with Crippen molar-refractivity contribution in [1.82, 2.24) is 20.1 Å². The van der Waals surface area contributed by atoms with E-state index >= 15 is 0 Å². The van der Waals surface area contributed by atoms with Gasteiger partial charge in [-0.05, 0) is 32.2 Å². The summed E-state index contributed by atoms with van der Waals surface area (Å²) in [6.45, 7) is 1.85. The van der Waals surface area contributed by atoms with E-state index in [-0.39, 0.29) is 0 Å². The molecule has 0 spiro atoms. The van der Waals surface area contributed by atoms with Gasteiger partial charge in [0.1, 0.15) is 12.2 Å². The molecule has 0 aromatic carbocycles. The van der Waals surface area contributed by atoms with Crippen LogP contribution < -0.4 is 5.32 Å². The Morgan fingerprint density at radius 3 is 3.13 bits per heavy atom. The lowest BCUT2D eigenvalue weighted by Gasteiger charge is -2.04. The number of aryl methyl sites for hydroxylation is 1. The van der Waals surface area contributed by atoms with Crippen LogP contribution in [-0.2, 0) is 13.6 Å². The average molecular weight is 206 g/mol. The summed E-state index contributed by atoms with van der Waals surface area (Å²) in [7, 11) is 1.97. The first-order chi connectivity index (χ1) is 7.36. The van der Waals surface area contributed by atoms with Gasteiger partial charge in [0.2, 0.25) is 0 Å². The summed E-state index contributed by atoms with van der Waals surface area (Å²) in [5, 5.41) is 11.3. The molecule has 82 valence electrons. The van der Waals surface area contributed by atoms with Crippen molar-refractivity contribution in [3.05, 3.63) is 23.8 Å². The lowest BCUT2D eigenvalue weighted by molar-refractivity contribution is 0.630. The van der Waals surface area contributed by atoms with Crippen molar-refractivity contribution in [3.8, 4) is 0 Å². The molecule has 1 aromatic rings. The molecular formula is C11H18N4. The molecule has 0 saturated carbocycles. The number of nitrogens with zero attached hydrogens (tertiary/aromatic N) is 3. The fourth-order valence-electron chi connectivity index (χ4n) is 1.88. The third kappa shape index (κ3) is 2.89. The largest absolute Gasteiger partial charge is 0.320 e. The van der Waals surface area contributed by atoms with Gasteiger partial charge in [0, 0.05) is 7.05 Å². The van der Waals surface area contributed by atoms with Crippen molar-refractivity contribution in [1.29, 1.82) is 0 Å². The van der Waals surface area contributed by atoms with Gasteiger partial charge >= 0.3 is 0 Å². The molecule has 0 bridgehead atoms. The predicted molar refractivity (Wildman–Crippen MR) is 59.3 cm³/mol. The lowest BCUT2D eigenvalue weighted by atomic mass is 10.2. The Balaban J connectivity index is 1.65. The number of hydrogen-bond donors (Lipinski definition) is 1. The Morgan fingerprint density at radius 2 is 2.47 bits per heavy atom. The van der Waals surface area contributed by atoms with E-state index in [1.807, 2.05) is 11.6 Å². The van der Waals surface area contributed by atoms with Crippen LogP contribution in [0.3, 0.4) is 0 Å². The van der Waals surface area contributed by atoms with Crippen LogP contribution in [0.25, 0.3) is 0 Å². The van der Waals surface area contributed by atoms with Crippen molar-refractivity contribution in [2.75, 3.05) is 6.54 Å². The number of allylic oxidation sites excluding steroid dienone is 1. The van der Waals surface area contributed by atoms with Gasteiger partial charge in [-0.3, -0.25) is 0 Å². The number of hydrogen-bond acceptors (Lipinski definition) is 3. The van der Waals surface area contributed by atoms with Crippen LogP contribution in [0.1, 0.15) is 31.5 Å². The van der Waals surface area contributed by atoms with Crippen LogP contribution in [-0.4, -0.2) is 21.3 Å². The zero-order valence-corrected chi connectivity index (χ0v) is 9.24. The standard InChI is InChI=1S/C11H18N4/c1-15-9-13-14-11(15)8-12-7-6-10-4-2-3-5-10/h4,9,12H,2-3,5-8H2,1H3. The van der Waals surface area contributed by atoms with Crippen LogP contribution in [0.4, 0.5) is 0 Å². The smallest absolute Gasteiger partial charge is 0.146 e. The molecule has 15 heavy (non-hydrogen) atoms. The third-order valence-electron chi connectivity index (χ3n) is 2.85. The SMILES string of the molecule is Cn1cnnc1CNCCC1=CCCC1. The molecule has 0 aliphatic heterocycles. The van der Waals surface area contributed by atoms with Gasteiger partial charge in [-0.15, -0.1) is 10.2 Å². The molecule has 4 nitrogen and oxygen atoms in total. The highest BCUT2D eigenvalue weighted by Crippen LogP contribution is 2.19. The quantitative estimate of drug-likeness (QED) is 0.585. The third-order valence-corrected chi connectivity index (χ3v) is 2.85. The van der Waals surface area contributed by atoms with Crippen LogP contribution in [0.5, 0.6) is 0 Å². The van der Waals surface area contributed by atoms with E-state index in [4.69, 9.17) is 0 Å². The molecule has 1 heterocycles. The van der Waals surface area contributed by atoms with E-state index in [1.54, 1.807) is 11.9 Å². The molecule has 0 unspecified atom stereocenters. The monoisotopic (exact) mass is 206 g/mol. The highest BCUT2D eigenvalue weighted by Gasteiger charge is 2.04. The van der Waals surface area contributed by atoms with Gasteiger partial charge in [-0.2, -0.15) is 0 Å². The molecule has 0 radical (unpaired) electrons. The van der Waals surface area contributed by atoms with E-state index < -0.39 is 0 Å². The van der Waals surface area contributed by atoms with E-state index in [2.05, 4.69) is 21.6 Å². The summed E-state index contributed by atoms with van der Waals surface area (Å²) in [5.41, 5.74) is 1.61. The Morgan fingerprint density at radius 1 is 1.53 bits per heavy atom. The van der Waals surface area contributed by atoms with Crippen LogP contribution in [0.2, 0.25) is 0 Å². The summed E-state index contributed by atoms with van der Waals surface area (Å²) >= 11 is 0. The molecular weight excluding hydrogens is 188 g/mol. The van der Waals surface area contributed by atoms with Gasteiger partial charge in [-0.1, -0.05) is 11.6 Å². The molecule has 1 aliphatic rings. The molecule has 4 heteroatoms. The van der Waals surface area contributed by atoms with Gasteiger partial charge in [0.25, 0.3) is 0 Å². The number of nitrogens with one attached hydrogen (secondary N) is 1. The summed E-state index contributed by atoms with van der Waals surface area (Å²) in [6.07, 6.45) is 9.21. The fraction of sp³-hybridized carbons (Fsp3) is 0.636. The molecule has 1 N–H and O–H groups in total. The zero-order valence-electron chi connectivity index (χ0n) is 9.24.